The Bertz CT molecular complexity index is 746. The minimum Gasteiger partial charge on any atom is -0.385 e. The van der Waals surface area contributed by atoms with Gasteiger partial charge in [-0.05, 0) is 24.6 Å². The van der Waals surface area contributed by atoms with Crippen molar-refractivity contribution in [2.24, 2.45) is 0 Å². The molecule has 0 saturated heterocycles. The summed E-state index contributed by atoms with van der Waals surface area (Å²) in [5.74, 6) is -0.444. The summed E-state index contributed by atoms with van der Waals surface area (Å²) in [6, 6.07) is 7.33. The van der Waals surface area contributed by atoms with Crippen molar-refractivity contribution in [3.8, 4) is 6.07 Å². The lowest BCUT2D eigenvalue weighted by atomic mass is 10.2. The third kappa shape index (κ3) is 3.64. The van der Waals surface area contributed by atoms with Crippen LogP contribution in [-0.2, 0) is 9.53 Å². The summed E-state index contributed by atoms with van der Waals surface area (Å²) in [5.41, 5.74) is 1.13. The van der Waals surface area contributed by atoms with Crippen molar-refractivity contribution >= 4 is 29.2 Å². The van der Waals surface area contributed by atoms with Gasteiger partial charge < -0.3 is 10.1 Å². The van der Waals surface area contributed by atoms with Crippen LogP contribution in [0.2, 0.25) is 5.15 Å². The van der Waals surface area contributed by atoms with Gasteiger partial charge in [0, 0.05) is 26.5 Å². The SMILES string of the molecule is COCCCNC(=O)C(C#N)=Cc1c(Cl)nc2ccccn12. The van der Waals surface area contributed by atoms with Crippen LogP contribution < -0.4 is 5.32 Å². The third-order valence-corrected chi connectivity index (χ3v) is 3.26. The topological polar surface area (TPSA) is 79.4 Å². The van der Waals surface area contributed by atoms with Gasteiger partial charge in [-0.2, -0.15) is 5.26 Å². The zero-order valence-electron chi connectivity index (χ0n) is 12.0. The van der Waals surface area contributed by atoms with Crippen LogP contribution in [0.1, 0.15) is 12.1 Å². The smallest absolute Gasteiger partial charge is 0.262 e. The number of nitrogens with one attached hydrogen (secondary N) is 1. The van der Waals surface area contributed by atoms with Gasteiger partial charge in [0.05, 0.1) is 5.69 Å². The van der Waals surface area contributed by atoms with E-state index in [4.69, 9.17) is 16.3 Å². The Morgan fingerprint density at radius 1 is 1.59 bits per heavy atom. The summed E-state index contributed by atoms with van der Waals surface area (Å²) in [4.78, 5) is 16.2. The van der Waals surface area contributed by atoms with E-state index in [-0.39, 0.29) is 10.7 Å². The molecule has 0 radical (unpaired) electrons. The number of imidazole rings is 1. The van der Waals surface area contributed by atoms with Crippen molar-refractivity contribution in [2.75, 3.05) is 20.3 Å². The lowest BCUT2D eigenvalue weighted by molar-refractivity contribution is -0.117. The van der Waals surface area contributed by atoms with Crippen LogP contribution >= 0.6 is 11.6 Å². The maximum Gasteiger partial charge on any atom is 0.262 e. The summed E-state index contributed by atoms with van der Waals surface area (Å²) >= 11 is 6.08. The second-order valence-corrected chi connectivity index (χ2v) is 4.85. The number of fused-ring (bicyclic) bond motifs is 1. The molecule has 2 aromatic rings. The van der Waals surface area contributed by atoms with Crippen LogP contribution in [0.15, 0.2) is 30.0 Å². The van der Waals surface area contributed by atoms with E-state index >= 15 is 0 Å². The van der Waals surface area contributed by atoms with E-state index in [1.54, 1.807) is 23.8 Å². The van der Waals surface area contributed by atoms with Crippen LogP contribution in [0.25, 0.3) is 11.7 Å². The molecule has 7 heteroatoms. The summed E-state index contributed by atoms with van der Waals surface area (Å²) in [7, 11) is 1.59. The van der Waals surface area contributed by atoms with Crippen LogP contribution in [0.3, 0.4) is 0 Å². The fraction of sp³-hybridized carbons (Fsp3) is 0.267. The average molecular weight is 319 g/mol. The molecule has 2 rings (SSSR count). The molecule has 114 valence electrons. The second-order valence-electron chi connectivity index (χ2n) is 4.49. The first-order valence-corrected chi connectivity index (χ1v) is 7.06. The first-order chi connectivity index (χ1) is 10.7. The van der Waals surface area contributed by atoms with Gasteiger partial charge in [0.1, 0.15) is 17.3 Å². The highest BCUT2D eigenvalue weighted by atomic mass is 35.5. The van der Waals surface area contributed by atoms with Crippen LogP contribution in [0, 0.1) is 11.3 Å². The summed E-state index contributed by atoms with van der Waals surface area (Å²) in [6.07, 6.45) is 3.89. The number of carbonyl (C=O) groups excluding carboxylic acids is 1. The monoisotopic (exact) mass is 318 g/mol. The molecule has 0 aliphatic carbocycles. The predicted octanol–water partition coefficient (Wildman–Crippen LogP) is 2.05. The van der Waals surface area contributed by atoms with Crippen molar-refractivity contribution in [2.45, 2.75) is 6.42 Å². The van der Waals surface area contributed by atoms with Crippen LogP contribution in [0.5, 0.6) is 0 Å². The average Bonchev–Trinajstić information content (AvgIpc) is 2.84. The summed E-state index contributed by atoms with van der Waals surface area (Å²) in [5, 5.41) is 12.1. The fourth-order valence-corrected chi connectivity index (χ4v) is 2.15. The molecular weight excluding hydrogens is 304 g/mol. The zero-order chi connectivity index (χ0) is 15.9. The highest BCUT2D eigenvalue weighted by molar-refractivity contribution is 6.31. The van der Waals surface area contributed by atoms with Crippen molar-refractivity contribution in [1.82, 2.24) is 14.7 Å². The summed E-state index contributed by atoms with van der Waals surface area (Å²) < 4.78 is 6.62. The standard InChI is InChI=1S/C15H15ClN4O2/c1-22-8-4-6-18-15(21)11(10-17)9-12-14(16)19-13-5-2-3-7-20(12)13/h2-3,5,7,9H,4,6,8H2,1H3,(H,18,21). The number of methoxy groups -OCH3 is 1. The minimum atomic E-state index is -0.444. The molecule has 0 aliphatic heterocycles. The van der Waals surface area contributed by atoms with Crippen LogP contribution in [-0.4, -0.2) is 35.6 Å². The lowest BCUT2D eigenvalue weighted by Gasteiger charge is -2.04. The quantitative estimate of drug-likeness (QED) is 0.502. The molecule has 0 aliphatic rings. The molecule has 0 aromatic carbocycles. The molecule has 0 saturated carbocycles. The highest BCUT2D eigenvalue weighted by Gasteiger charge is 2.13. The Morgan fingerprint density at radius 2 is 2.41 bits per heavy atom. The van der Waals surface area contributed by atoms with E-state index in [9.17, 15) is 10.1 Å². The van der Waals surface area contributed by atoms with Gasteiger partial charge in [-0.25, -0.2) is 4.98 Å². The van der Waals surface area contributed by atoms with Gasteiger partial charge in [-0.15, -0.1) is 0 Å². The molecule has 0 bridgehead atoms. The van der Waals surface area contributed by atoms with E-state index in [1.807, 2.05) is 18.2 Å². The van der Waals surface area contributed by atoms with Crippen molar-refractivity contribution < 1.29 is 9.53 Å². The Labute approximate surface area is 133 Å². The maximum atomic E-state index is 12.0. The van der Waals surface area contributed by atoms with E-state index in [0.29, 0.717) is 30.9 Å². The number of hydrogen-bond donors (Lipinski definition) is 1. The molecule has 0 fully saturated rings. The molecule has 0 atom stereocenters. The number of carbonyl (C=O) groups is 1. The molecule has 0 spiro atoms. The number of nitriles is 1. The number of hydrogen-bond acceptors (Lipinski definition) is 4. The largest absolute Gasteiger partial charge is 0.385 e. The molecule has 1 N–H and O–H groups in total. The molecular formula is C15H15ClN4O2. The first-order valence-electron chi connectivity index (χ1n) is 6.69. The number of amides is 1. The molecule has 0 unspecified atom stereocenters. The number of pyridine rings is 1. The third-order valence-electron chi connectivity index (χ3n) is 2.98. The normalized spacial score (nSPS) is 11.4. The fourth-order valence-electron chi connectivity index (χ4n) is 1.91. The predicted molar refractivity (Wildman–Crippen MR) is 83.3 cm³/mol. The van der Waals surface area contributed by atoms with Gasteiger partial charge in [0.2, 0.25) is 0 Å². The Hall–Kier alpha value is -2.36. The summed E-state index contributed by atoms with van der Waals surface area (Å²) in [6.45, 7) is 0.984. The minimum absolute atomic E-state index is 0.0232. The lowest BCUT2D eigenvalue weighted by Crippen LogP contribution is -2.26. The Morgan fingerprint density at radius 3 is 3.14 bits per heavy atom. The zero-order valence-corrected chi connectivity index (χ0v) is 12.8. The number of nitrogens with zero attached hydrogens (tertiary/aromatic N) is 3. The highest BCUT2D eigenvalue weighted by Crippen LogP contribution is 2.20. The van der Waals surface area contributed by atoms with Gasteiger partial charge in [-0.1, -0.05) is 17.7 Å². The number of halogens is 1. The van der Waals surface area contributed by atoms with E-state index in [0.717, 1.165) is 0 Å². The Kier molecular flexibility index (Phi) is 5.53. The number of aromatic nitrogens is 2. The van der Waals surface area contributed by atoms with Gasteiger partial charge >= 0.3 is 0 Å². The first kappa shape index (κ1) is 16.0. The molecule has 2 heterocycles. The molecule has 1 amide bonds. The number of rotatable bonds is 6. The number of ether oxygens (including phenoxy) is 1. The Balaban J connectivity index is 2.22. The van der Waals surface area contributed by atoms with Gasteiger partial charge in [0.15, 0.2) is 5.15 Å². The van der Waals surface area contributed by atoms with Crippen LogP contribution in [0.4, 0.5) is 0 Å². The molecule has 22 heavy (non-hydrogen) atoms. The van der Waals surface area contributed by atoms with E-state index in [1.165, 1.54) is 6.08 Å². The maximum absolute atomic E-state index is 12.0. The van der Waals surface area contributed by atoms with E-state index in [2.05, 4.69) is 10.3 Å². The van der Waals surface area contributed by atoms with Crippen molar-refractivity contribution in [3.63, 3.8) is 0 Å². The van der Waals surface area contributed by atoms with Gasteiger partial charge in [-0.3, -0.25) is 9.20 Å². The van der Waals surface area contributed by atoms with Crippen molar-refractivity contribution in [1.29, 1.82) is 5.26 Å². The molecule has 2 aromatic heterocycles. The van der Waals surface area contributed by atoms with Crippen molar-refractivity contribution in [3.05, 3.63) is 40.8 Å². The van der Waals surface area contributed by atoms with Gasteiger partial charge in [0.25, 0.3) is 5.91 Å². The second kappa shape index (κ2) is 7.59. The van der Waals surface area contributed by atoms with E-state index < -0.39 is 5.91 Å². The molecule has 6 nitrogen and oxygen atoms in total.